The number of aryl methyl sites for hydroxylation is 3. The number of piperazine rings is 1. The molecule has 11 heteroatoms. The second kappa shape index (κ2) is 8.15. The quantitative estimate of drug-likeness (QED) is 0.679. The number of hydrogen-bond acceptors (Lipinski definition) is 4. The summed E-state index contributed by atoms with van der Waals surface area (Å²) >= 11 is 0. The average Bonchev–Trinajstić information content (AvgIpc) is 3.01. The van der Waals surface area contributed by atoms with Gasteiger partial charge >= 0.3 is 0 Å². The SMILES string of the molecule is Cc1cc(C)n(CCC(=O)N2CCN(S(=O)(=O)c3ccc(F)c(F)c3F)CC2)n1. The minimum absolute atomic E-state index is 0.0631. The topological polar surface area (TPSA) is 75.5 Å². The van der Waals surface area contributed by atoms with Gasteiger partial charge in [-0.1, -0.05) is 0 Å². The summed E-state index contributed by atoms with van der Waals surface area (Å²) in [6, 6.07) is 3.19. The molecule has 1 fully saturated rings. The molecule has 3 rings (SSSR count). The third-order valence-electron chi connectivity index (χ3n) is 4.85. The van der Waals surface area contributed by atoms with Gasteiger partial charge in [0.1, 0.15) is 4.90 Å². The van der Waals surface area contributed by atoms with Crippen LogP contribution in [0.25, 0.3) is 0 Å². The highest BCUT2D eigenvalue weighted by Gasteiger charge is 2.33. The maximum Gasteiger partial charge on any atom is 0.246 e. The smallest absolute Gasteiger partial charge is 0.246 e. The Morgan fingerprint density at radius 1 is 1.07 bits per heavy atom. The lowest BCUT2D eigenvalue weighted by molar-refractivity contribution is -0.132. The Morgan fingerprint density at radius 3 is 2.31 bits per heavy atom. The van der Waals surface area contributed by atoms with Crippen molar-refractivity contribution in [3.63, 3.8) is 0 Å². The van der Waals surface area contributed by atoms with Gasteiger partial charge in [0.15, 0.2) is 17.5 Å². The molecule has 0 aliphatic carbocycles. The van der Waals surface area contributed by atoms with Crippen LogP contribution in [0.3, 0.4) is 0 Å². The zero-order chi connectivity index (χ0) is 21.3. The third kappa shape index (κ3) is 4.30. The van der Waals surface area contributed by atoms with Crippen LogP contribution in [-0.4, -0.2) is 59.5 Å². The monoisotopic (exact) mass is 430 g/mol. The van der Waals surface area contributed by atoms with Crippen LogP contribution >= 0.6 is 0 Å². The van der Waals surface area contributed by atoms with Gasteiger partial charge in [0.25, 0.3) is 0 Å². The number of nitrogens with zero attached hydrogens (tertiary/aromatic N) is 4. The first-order valence-corrected chi connectivity index (χ1v) is 10.5. The zero-order valence-electron chi connectivity index (χ0n) is 16.0. The molecule has 0 saturated carbocycles. The summed E-state index contributed by atoms with van der Waals surface area (Å²) in [7, 11) is -4.34. The average molecular weight is 430 g/mol. The number of amides is 1. The van der Waals surface area contributed by atoms with Crippen molar-refractivity contribution in [2.75, 3.05) is 26.2 Å². The summed E-state index contributed by atoms with van der Waals surface area (Å²) in [5.41, 5.74) is 1.80. The number of hydrogen-bond donors (Lipinski definition) is 0. The van der Waals surface area contributed by atoms with E-state index in [0.29, 0.717) is 18.7 Å². The molecule has 0 bridgehead atoms. The number of benzene rings is 1. The van der Waals surface area contributed by atoms with Crippen LogP contribution < -0.4 is 0 Å². The van der Waals surface area contributed by atoms with Gasteiger partial charge in [0.2, 0.25) is 15.9 Å². The number of rotatable bonds is 5. The molecule has 1 amide bonds. The Labute approximate surface area is 166 Å². The van der Waals surface area contributed by atoms with E-state index in [1.807, 2.05) is 19.9 Å². The standard InChI is InChI=1S/C18H21F3N4O3S/c1-12-11-13(2)25(22-12)6-5-16(26)23-7-9-24(10-8-23)29(27,28)15-4-3-14(19)17(20)18(15)21/h3-4,11H,5-10H2,1-2H3. The normalized spacial score (nSPS) is 15.7. The second-order valence-electron chi connectivity index (χ2n) is 6.86. The van der Waals surface area contributed by atoms with E-state index >= 15 is 0 Å². The lowest BCUT2D eigenvalue weighted by Gasteiger charge is -2.34. The highest BCUT2D eigenvalue weighted by atomic mass is 32.2. The zero-order valence-corrected chi connectivity index (χ0v) is 16.8. The Morgan fingerprint density at radius 2 is 1.72 bits per heavy atom. The van der Waals surface area contributed by atoms with E-state index in [9.17, 15) is 26.4 Å². The molecule has 1 saturated heterocycles. The fourth-order valence-electron chi connectivity index (χ4n) is 3.29. The van der Waals surface area contributed by atoms with Gasteiger partial charge in [-0.3, -0.25) is 9.48 Å². The van der Waals surface area contributed by atoms with Crippen molar-refractivity contribution in [1.82, 2.24) is 19.0 Å². The molecule has 1 aromatic heterocycles. The summed E-state index contributed by atoms with van der Waals surface area (Å²) in [6.07, 6.45) is 0.215. The molecule has 158 valence electrons. The van der Waals surface area contributed by atoms with Crippen molar-refractivity contribution in [2.24, 2.45) is 0 Å². The van der Waals surface area contributed by atoms with E-state index in [4.69, 9.17) is 0 Å². The third-order valence-corrected chi connectivity index (χ3v) is 6.77. The number of aromatic nitrogens is 2. The molecule has 2 aromatic rings. The van der Waals surface area contributed by atoms with Crippen molar-refractivity contribution >= 4 is 15.9 Å². The molecular weight excluding hydrogens is 409 g/mol. The van der Waals surface area contributed by atoms with Crippen LogP contribution in [0.4, 0.5) is 13.2 Å². The summed E-state index contributed by atoms with van der Waals surface area (Å²) in [4.78, 5) is 13.0. The minimum Gasteiger partial charge on any atom is -0.340 e. The minimum atomic E-state index is -4.34. The van der Waals surface area contributed by atoms with Crippen molar-refractivity contribution in [3.05, 3.63) is 47.0 Å². The van der Waals surface area contributed by atoms with Gasteiger partial charge in [-0.05, 0) is 32.0 Å². The lowest BCUT2D eigenvalue weighted by Crippen LogP contribution is -2.50. The molecule has 0 atom stereocenters. The Kier molecular flexibility index (Phi) is 5.99. The summed E-state index contributed by atoms with van der Waals surface area (Å²) < 4.78 is 68.3. The van der Waals surface area contributed by atoms with Crippen LogP contribution in [0.15, 0.2) is 23.1 Å². The first-order valence-electron chi connectivity index (χ1n) is 9.03. The molecule has 29 heavy (non-hydrogen) atoms. The highest BCUT2D eigenvalue weighted by Crippen LogP contribution is 2.24. The number of carbonyl (C=O) groups excluding carboxylic acids is 1. The fraction of sp³-hybridized carbons (Fsp3) is 0.444. The van der Waals surface area contributed by atoms with E-state index in [2.05, 4.69) is 5.10 Å². The molecule has 1 aliphatic rings. The van der Waals surface area contributed by atoms with Crippen LogP contribution in [0.1, 0.15) is 17.8 Å². The largest absolute Gasteiger partial charge is 0.340 e. The molecular formula is C18H21F3N4O3S. The van der Waals surface area contributed by atoms with Crippen LogP contribution in [0.2, 0.25) is 0 Å². The van der Waals surface area contributed by atoms with E-state index < -0.39 is 32.4 Å². The highest BCUT2D eigenvalue weighted by molar-refractivity contribution is 7.89. The molecule has 0 radical (unpaired) electrons. The maximum absolute atomic E-state index is 13.9. The van der Waals surface area contributed by atoms with E-state index in [-0.39, 0.29) is 38.5 Å². The fourth-order valence-corrected chi connectivity index (χ4v) is 4.76. The molecule has 1 aromatic carbocycles. The Bertz CT molecular complexity index is 1030. The van der Waals surface area contributed by atoms with E-state index in [0.717, 1.165) is 15.7 Å². The van der Waals surface area contributed by atoms with Crippen LogP contribution in [0.5, 0.6) is 0 Å². The first kappa shape index (κ1) is 21.3. The van der Waals surface area contributed by atoms with Crippen molar-refractivity contribution in [1.29, 1.82) is 0 Å². The van der Waals surface area contributed by atoms with Gasteiger partial charge in [-0.15, -0.1) is 0 Å². The first-order chi connectivity index (χ1) is 13.6. The molecule has 1 aliphatic heterocycles. The molecule has 0 spiro atoms. The number of halogens is 3. The second-order valence-corrected chi connectivity index (χ2v) is 8.76. The van der Waals surface area contributed by atoms with Crippen LogP contribution in [-0.2, 0) is 21.4 Å². The lowest BCUT2D eigenvalue weighted by atomic mass is 10.3. The molecule has 2 heterocycles. The van der Waals surface area contributed by atoms with E-state index in [1.54, 1.807) is 4.68 Å². The van der Waals surface area contributed by atoms with E-state index in [1.165, 1.54) is 4.90 Å². The van der Waals surface area contributed by atoms with Gasteiger partial charge in [-0.2, -0.15) is 9.40 Å². The van der Waals surface area contributed by atoms with Crippen molar-refractivity contribution in [3.8, 4) is 0 Å². The van der Waals surface area contributed by atoms with Gasteiger partial charge in [-0.25, -0.2) is 21.6 Å². The van der Waals surface area contributed by atoms with Crippen molar-refractivity contribution in [2.45, 2.75) is 31.7 Å². The predicted octanol–water partition coefficient (Wildman–Crippen LogP) is 1.84. The van der Waals surface area contributed by atoms with Gasteiger partial charge in [0.05, 0.1) is 5.69 Å². The number of carbonyl (C=O) groups is 1. The Hall–Kier alpha value is -2.40. The summed E-state index contributed by atoms with van der Waals surface area (Å²) in [5.74, 6) is -5.18. The van der Waals surface area contributed by atoms with Gasteiger partial charge < -0.3 is 4.90 Å². The predicted molar refractivity (Wildman–Crippen MR) is 98.0 cm³/mol. The molecule has 0 unspecified atom stereocenters. The van der Waals surface area contributed by atoms with Gasteiger partial charge in [0, 0.05) is 44.8 Å². The maximum atomic E-state index is 13.9. The Balaban J connectivity index is 1.61. The van der Waals surface area contributed by atoms with Crippen molar-refractivity contribution < 1.29 is 26.4 Å². The number of sulfonamides is 1. The summed E-state index contributed by atoms with van der Waals surface area (Å²) in [5, 5.41) is 4.29. The molecule has 7 nitrogen and oxygen atoms in total. The summed E-state index contributed by atoms with van der Waals surface area (Å²) in [6.45, 7) is 4.29. The van der Waals surface area contributed by atoms with Crippen LogP contribution in [0, 0.1) is 31.3 Å². The molecule has 0 N–H and O–H groups in total.